The first-order chi connectivity index (χ1) is 9.13. The number of carbonyl (C=O) groups is 2. The van der Waals surface area contributed by atoms with Crippen LogP contribution in [-0.2, 0) is 4.74 Å². The fraction of sp³-hybridized carbons (Fsp3) is 0.385. The number of ether oxygens (including phenoxy) is 1. The minimum atomic E-state index is -0.525. The van der Waals surface area contributed by atoms with Crippen molar-refractivity contribution in [1.82, 2.24) is 9.80 Å². The molecule has 0 aliphatic carbocycles. The Labute approximate surface area is 110 Å². The molecule has 0 spiro atoms. The molecule has 1 saturated heterocycles. The lowest BCUT2D eigenvalue weighted by Gasteiger charge is -2.33. The Morgan fingerprint density at radius 2 is 1.68 bits per heavy atom. The number of piperazine rings is 1. The Morgan fingerprint density at radius 1 is 1.11 bits per heavy atom. The number of nitrogens with zero attached hydrogens (tertiary/aromatic N) is 2. The number of carbonyl (C=O) groups excluding carboxylic acids is 2. The lowest BCUT2D eigenvalue weighted by molar-refractivity contribution is 0.0595. The van der Waals surface area contributed by atoms with Crippen molar-refractivity contribution in [2.75, 3.05) is 33.3 Å². The highest BCUT2D eigenvalue weighted by atomic mass is 19.1. The largest absolute Gasteiger partial charge is 0.453 e. The van der Waals surface area contributed by atoms with E-state index in [1.807, 2.05) is 0 Å². The second kappa shape index (κ2) is 5.69. The van der Waals surface area contributed by atoms with E-state index in [0.717, 1.165) is 0 Å². The molecule has 1 aliphatic rings. The number of halogens is 1. The molecule has 1 fully saturated rings. The predicted molar refractivity (Wildman–Crippen MR) is 66.3 cm³/mol. The van der Waals surface area contributed by atoms with E-state index in [1.54, 1.807) is 12.1 Å². The van der Waals surface area contributed by atoms with Gasteiger partial charge in [-0.05, 0) is 12.1 Å². The number of hydrogen-bond acceptors (Lipinski definition) is 3. The third-order valence-electron chi connectivity index (χ3n) is 3.10. The van der Waals surface area contributed by atoms with E-state index in [0.29, 0.717) is 26.2 Å². The second-order valence-corrected chi connectivity index (χ2v) is 4.23. The fourth-order valence-corrected chi connectivity index (χ4v) is 2.03. The number of benzene rings is 1. The van der Waals surface area contributed by atoms with Crippen molar-refractivity contribution in [1.29, 1.82) is 0 Å². The van der Waals surface area contributed by atoms with Crippen LogP contribution < -0.4 is 0 Å². The van der Waals surface area contributed by atoms with Gasteiger partial charge in [-0.1, -0.05) is 12.1 Å². The molecule has 1 aliphatic heterocycles. The number of rotatable bonds is 1. The van der Waals surface area contributed by atoms with Crippen molar-refractivity contribution in [2.45, 2.75) is 0 Å². The average molecular weight is 266 g/mol. The van der Waals surface area contributed by atoms with Crippen LogP contribution in [-0.4, -0.2) is 55.1 Å². The molecule has 0 atom stereocenters. The van der Waals surface area contributed by atoms with Crippen molar-refractivity contribution < 1.29 is 18.7 Å². The Balaban J connectivity index is 2.00. The lowest BCUT2D eigenvalue weighted by Crippen LogP contribution is -2.50. The minimum absolute atomic E-state index is 0.0639. The number of amides is 2. The molecule has 1 aromatic rings. The quantitative estimate of drug-likeness (QED) is 0.771. The first-order valence-electron chi connectivity index (χ1n) is 6.00. The third-order valence-corrected chi connectivity index (χ3v) is 3.10. The summed E-state index contributed by atoms with van der Waals surface area (Å²) in [6.07, 6.45) is -0.405. The molecule has 0 radical (unpaired) electrons. The van der Waals surface area contributed by atoms with E-state index in [9.17, 15) is 14.0 Å². The van der Waals surface area contributed by atoms with Crippen LogP contribution in [0.1, 0.15) is 10.4 Å². The van der Waals surface area contributed by atoms with Crippen LogP contribution in [0.5, 0.6) is 0 Å². The van der Waals surface area contributed by atoms with Crippen molar-refractivity contribution >= 4 is 12.0 Å². The Morgan fingerprint density at radius 3 is 2.26 bits per heavy atom. The van der Waals surface area contributed by atoms with E-state index in [1.165, 1.54) is 29.0 Å². The van der Waals surface area contributed by atoms with Crippen molar-refractivity contribution in [3.8, 4) is 0 Å². The normalized spacial score (nSPS) is 15.3. The first-order valence-corrected chi connectivity index (χ1v) is 6.00. The molecular weight excluding hydrogens is 251 g/mol. The van der Waals surface area contributed by atoms with Crippen LogP contribution in [0.3, 0.4) is 0 Å². The lowest BCUT2D eigenvalue weighted by atomic mass is 10.1. The Hall–Kier alpha value is -2.11. The number of hydrogen-bond donors (Lipinski definition) is 0. The standard InChI is InChI=1S/C13H15FN2O3/c1-19-13(18)16-8-6-15(7-9-16)12(17)10-4-2-3-5-11(10)14/h2-5H,6-9H2,1H3. The zero-order chi connectivity index (χ0) is 13.8. The Bertz CT molecular complexity index is 485. The summed E-state index contributed by atoms with van der Waals surface area (Å²) in [6, 6.07) is 5.89. The number of methoxy groups -OCH3 is 1. The summed E-state index contributed by atoms with van der Waals surface area (Å²) in [7, 11) is 1.32. The van der Waals surface area contributed by atoms with Crippen LogP contribution in [0.2, 0.25) is 0 Å². The van der Waals surface area contributed by atoms with Crippen LogP contribution in [0.4, 0.5) is 9.18 Å². The fourth-order valence-electron chi connectivity index (χ4n) is 2.03. The summed E-state index contributed by atoms with van der Waals surface area (Å²) in [6.45, 7) is 1.55. The maximum Gasteiger partial charge on any atom is 0.409 e. The molecular formula is C13H15FN2O3. The monoisotopic (exact) mass is 266 g/mol. The van der Waals surface area contributed by atoms with Crippen molar-refractivity contribution in [3.05, 3.63) is 35.6 Å². The minimum Gasteiger partial charge on any atom is -0.453 e. The summed E-state index contributed by atoms with van der Waals surface area (Å²) in [5.74, 6) is -0.870. The summed E-state index contributed by atoms with van der Waals surface area (Å²) >= 11 is 0. The van der Waals surface area contributed by atoms with Crippen LogP contribution in [0.15, 0.2) is 24.3 Å². The van der Waals surface area contributed by atoms with Crippen LogP contribution in [0.25, 0.3) is 0 Å². The molecule has 19 heavy (non-hydrogen) atoms. The summed E-state index contributed by atoms with van der Waals surface area (Å²) in [5, 5.41) is 0. The van der Waals surface area contributed by atoms with Crippen molar-refractivity contribution in [2.24, 2.45) is 0 Å². The zero-order valence-corrected chi connectivity index (χ0v) is 10.6. The van der Waals surface area contributed by atoms with E-state index in [-0.39, 0.29) is 11.5 Å². The molecule has 2 rings (SSSR count). The van der Waals surface area contributed by atoms with Gasteiger partial charge in [0.15, 0.2) is 0 Å². The molecule has 0 unspecified atom stereocenters. The molecule has 0 bridgehead atoms. The van der Waals surface area contributed by atoms with Gasteiger partial charge in [0.2, 0.25) is 0 Å². The molecule has 2 amide bonds. The van der Waals surface area contributed by atoms with Crippen LogP contribution in [0, 0.1) is 5.82 Å². The highest BCUT2D eigenvalue weighted by molar-refractivity contribution is 5.94. The molecule has 0 aromatic heterocycles. The third kappa shape index (κ3) is 2.83. The molecule has 5 nitrogen and oxygen atoms in total. The van der Waals surface area contributed by atoms with Gasteiger partial charge in [0.05, 0.1) is 12.7 Å². The van der Waals surface area contributed by atoms with Gasteiger partial charge in [-0.15, -0.1) is 0 Å². The maximum atomic E-state index is 13.5. The van der Waals surface area contributed by atoms with Crippen molar-refractivity contribution in [3.63, 3.8) is 0 Å². The van der Waals surface area contributed by atoms with Gasteiger partial charge in [0, 0.05) is 26.2 Å². The SMILES string of the molecule is COC(=O)N1CCN(C(=O)c2ccccc2F)CC1. The summed E-state index contributed by atoms with van der Waals surface area (Å²) in [4.78, 5) is 26.5. The maximum absolute atomic E-state index is 13.5. The van der Waals surface area contributed by atoms with E-state index >= 15 is 0 Å². The topological polar surface area (TPSA) is 49.9 Å². The van der Waals surface area contributed by atoms with E-state index in [4.69, 9.17) is 0 Å². The molecule has 102 valence electrons. The first kappa shape index (κ1) is 13.3. The molecule has 6 heteroatoms. The van der Waals surface area contributed by atoms with E-state index in [2.05, 4.69) is 4.74 Å². The molecule has 1 heterocycles. The van der Waals surface area contributed by atoms with Gasteiger partial charge in [-0.3, -0.25) is 4.79 Å². The zero-order valence-electron chi connectivity index (χ0n) is 10.6. The van der Waals surface area contributed by atoms with E-state index < -0.39 is 11.9 Å². The average Bonchev–Trinajstić information content (AvgIpc) is 2.46. The summed E-state index contributed by atoms with van der Waals surface area (Å²) < 4.78 is 18.1. The smallest absolute Gasteiger partial charge is 0.409 e. The highest BCUT2D eigenvalue weighted by Gasteiger charge is 2.26. The van der Waals surface area contributed by atoms with Gasteiger partial charge in [-0.25, -0.2) is 9.18 Å². The van der Waals surface area contributed by atoms with Gasteiger partial charge >= 0.3 is 6.09 Å². The predicted octanol–water partition coefficient (Wildman–Crippen LogP) is 1.35. The molecule has 1 aromatic carbocycles. The second-order valence-electron chi connectivity index (χ2n) is 4.23. The molecule has 0 saturated carbocycles. The van der Waals surface area contributed by atoms with Crippen LogP contribution >= 0.6 is 0 Å². The van der Waals surface area contributed by atoms with Gasteiger partial charge in [0.25, 0.3) is 5.91 Å². The highest BCUT2D eigenvalue weighted by Crippen LogP contribution is 2.12. The summed E-state index contributed by atoms with van der Waals surface area (Å²) in [5.41, 5.74) is 0.0639. The van der Waals surface area contributed by atoms with Gasteiger partial charge in [0.1, 0.15) is 5.82 Å². The van der Waals surface area contributed by atoms with Gasteiger partial charge < -0.3 is 14.5 Å². The Kier molecular flexibility index (Phi) is 3.99. The molecule has 0 N–H and O–H groups in total. The van der Waals surface area contributed by atoms with Gasteiger partial charge in [-0.2, -0.15) is 0 Å².